The number of nitrogens with zero attached hydrogens (tertiary/aromatic N) is 1. The minimum Gasteiger partial charge on any atom is -0.506 e. The lowest BCUT2D eigenvalue weighted by Gasteiger charge is -2.18. The van der Waals surface area contributed by atoms with Gasteiger partial charge < -0.3 is 15.1 Å². The predicted molar refractivity (Wildman–Crippen MR) is 60.2 cm³/mol. The van der Waals surface area contributed by atoms with E-state index < -0.39 is 6.10 Å². The van der Waals surface area contributed by atoms with Crippen LogP contribution in [0.4, 0.5) is 5.69 Å². The number of para-hydroxylation sites is 2. The Bertz CT molecular complexity index is 403. The molecule has 2 N–H and O–H groups in total. The summed E-state index contributed by atoms with van der Waals surface area (Å²) < 4.78 is 0. The smallest absolute Gasteiger partial charge is 0.227 e. The van der Waals surface area contributed by atoms with Crippen LogP contribution in [0, 0.1) is 5.92 Å². The zero-order chi connectivity index (χ0) is 11.7. The Hall–Kier alpha value is -1.55. The molecule has 2 unspecified atom stereocenters. The molecule has 0 aromatic heterocycles. The third-order valence-corrected chi connectivity index (χ3v) is 3.01. The van der Waals surface area contributed by atoms with Gasteiger partial charge in [-0.3, -0.25) is 4.79 Å². The van der Waals surface area contributed by atoms with Gasteiger partial charge in [0.25, 0.3) is 0 Å². The summed E-state index contributed by atoms with van der Waals surface area (Å²) in [5.74, 6) is 0.00148. The van der Waals surface area contributed by atoms with E-state index in [1.165, 1.54) is 4.90 Å². The number of carbonyl (C=O) groups is 1. The number of amides is 1. The largest absolute Gasteiger partial charge is 0.506 e. The van der Waals surface area contributed by atoms with Crippen molar-refractivity contribution in [3.8, 4) is 5.75 Å². The third kappa shape index (κ3) is 1.88. The fourth-order valence-corrected chi connectivity index (χ4v) is 1.98. The number of phenolic OH excluding ortho intramolecular Hbond substituents is 1. The molecule has 1 aromatic rings. The van der Waals surface area contributed by atoms with Crippen LogP contribution in [0.2, 0.25) is 0 Å². The number of carbonyl (C=O) groups excluding carboxylic acids is 1. The van der Waals surface area contributed by atoms with Gasteiger partial charge in [0.15, 0.2) is 0 Å². The van der Waals surface area contributed by atoms with E-state index in [9.17, 15) is 15.0 Å². The number of phenols is 1. The molecule has 1 amide bonds. The standard InChI is InChI=1S/C12H15NO3/c1-8(14)9-6-12(16)13(7-9)10-4-2-3-5-11(10)15/h2-5,8-9,14-15H,6-7H2,1H3. The van der Waals surface area contributed by atoms with Crippen molar-refractivity contribution >= 4 is 11.6 Å². The topological polar surface area (TPSA) is 60.8 Å². The second-order valence-electron chi connectivity index (χ2n) is 4.20. The Balaban J connectivity index is 2.24. The first kappa shape index (κ1) is 11.0. The highest BCUT2D eigenvalue weighted by atomic mass is 16.3. The number of anilines is 1. The maximum absolute atomic E-state index is 11.7. The van der Waals surface area contributed by atoms with Gasteiger partial charge in [0.2, 0.25) is 5.91 Å². The van der Waals surface area contributed by atoms with E-state index in [1.807, 2.05) is 0 Å². The molecule has 1 aliphatic heterocycles. The summed E-state index contributed by atoms with van der Waals surface area (Å²) >= 11 is 0. The minimum absolute atomic E-state index is 0.0487. The number of aliphatic hydroxyl groups excluding tert-OH is 1. The van der Waals surface area contributed by atoms with E-state index in [4.69, 9.17) is 0 Å². The molecule has 0 bridgehead atoms. The molecule has 0 spiro atoms. The lowest BCUT2D eigenvalue weighted by Crippen LogP contribution is -2.26. The summed E-state index contributed by atoms with van der Waals surface area (Å²) in [6.07, 6.45) is -0.161. The third-order valence-electron chi connectivity index (χ3n) is 3.01. The molecular weight excluding hydrogens is 206 g/mol. The van der Waals surface area contributed by atoms with Crippen LogP contribution in [-0.4, -0.2) is 28.8 Å². The van der Waals surface area contributed by atoms with Crippen LogP contribution in [0.3, 0.4) is 0 Å². The Kier molecular flexibility index (Phi) is 2.83. The highest BCUT2D eigenvalue weighted by Gasteiger charge is 2.34. The fourth-order valence-electron chi connectivity index (χ4n) is 1.98. The summed E-state index contributed by atoms with van der Waals surface area (Å²) in [6.45, 7) is 2.15. The summed E-state index contributed by atoms with van der Waals surface area (Å²) in [5, 5.41) is 19.1. The van der Waals surface area contributed by atoms with Gasteiger partial charge in [-0.1, -0.05) is 12.1 Å². The van der Waals surface area contributed by atoms with Crippen LogP contribution in [0.5, 0.6) is 5.75 Å². The van der Waals surface area contributed by atoms with E-state index >= 15 is 0 Å². The van der Waals surface area contributed by atoms with E-state index in [0.717, 1.165) is 0 Å². The van der Waals surface area contributed by atoms with Crippen molar-refractivity contribution in [3.63, 3.8) is 0 Å². The molecule has 0 radical (unpaired) electrons. The van der Waals surface area contributed by atoms with Gasteiger partial charge in [-0.25, -0.2) is 0 Å². The fraction of sp³-hybridized carbons (Fsp3) is 0.417. The molecule has 1 aliphatic rings. The molecule has 16 heavy (non-hydrogen) atoms. The number of aliphatic hydroxyl groups is 1. The number of aromatic hydroxyl groups is 1. The summed E-state index contributed by atoms with van der Waals surface area (Å²) in [5.41, 5.74) is 0.524. The van der Waals surface area contributed by atoms with Gasteiger partial charge in [-0.15, -0.1) is 0 Å². The monoisotopic (exact) mass is 221 g/mol. The molecule has 0 saturated carbocycles. The quantitative estimate of drug-likeness (QED) is 0.787. The van der Waals surface area contributed by atoms with E-state index in [1.54, 1.807) is 31.2 Å². The first-order valence-corrected chi connectivity index (χ1v) is 5.36. The van der Waals surface area contributed by atoms with Crippen molar-refractivity contribution in [2.45, 2.75) is 19.4 Å². The van der Waals surface area contributed by atoms with E-state index in [2.05, 4.69) is 0 Å². The molecule has 1 saturated heterocycles. The second kappa shape index (κ2) is 4.14. The molecule has 4 heteroatoms. The van der Waals surface area contributed by atoms with Crippen LogP contribution < -0.4 is 4.90 Å². The number of rotatable bonds is 2. The maximum atomic E-state index is 11.7. The molecule has 1 heterocycles. The zero-order valence-electron chi connectivity index (χ0n) is 9.13. The van der Waals surface area contributed by atoms with Crippen molar-refractivity contribution in [1.29, 1.82) is 0 Å². The van der Waals surface area contributed by atoms with Crippen LogP contribution >= 0.6 is 0 Å². The van der Waals surface area contributed by atoms with Crippen molar-refractivity contribution in [2.24, 2.45) is 5.92 Å². The second-order valence-corrected chi connectivity index (χ2v) is 4.20. The first-order valence-electron chi connectivity index (χ1n) is 5.36. The zero-order valence-corrected chi connectivity index (χ0v) is 9.13. The van der Waals surface area contributed by atoms with Crippen LogP contribution in [0.25, 0.3) is 0 Å². The van der Waals surface area contributed by atoms with Gasteiger partial charge in [0, 0.05) is 18.9 Å². The number of hydrogen-bond donors (Lipinski definition) is 2. The van der Waals surface area contributed by atoms with Gasteiger partial charge in [0.05, 0.1) is 11.8 Å². The summed E-state index contributed by atoms with van der Waals surface area (Å²) in [4.78, 5) is 13.3. The van der Waals surface area contributed by atoms with Gasteiger partial charge in [-0.05, 0) is 19.1 Å². The number of benzene rings is 1. The highest BCUT2D eigenvalue weighted by Crippen LogP contribution is 2.32. The highest BCUT2D eigenvalue weighted by molar-refractivity contribution is 5.97. The van der Waals surface area contributed by atoms with Crippen LogP contribution in [0.15, 0.2) is 24.3 Å². The number of hydrogen-bond acceptors (Lipinski definition) is 3. The molecule has 2 rings (SSSR count). The van der Waals surface area contributed by atoms with Gasteiger partial charge >= 0.3 is 0 Å². The molecule has 0 aliphatic carbocycles. The summed E-state index contributed by atoms with van der Waals surface area (Å²) in [6, 6.07) is 6.75. The molecule has 2 atom stereocenters. The normalized spacial score (nSPS) is 22.5. The lowest BCUT2D eigenvalue weighted by atomic mass is 10.0. The maximum Gasteiger partial charge on any atom is 0.227 e. The average Bonchev–Trinajstić information content (AvgIpc) is 2.61. The van der Waals surface area contributed by atoms with Crippen LogP contribution in [-0.2, 0) is 4.79 Å². The van der Waals surface area contributed by atoms with Crippen molar-refractivity contribution in [1.82, 2.24) is 0 Å². The van der Waals surface area contributed by atoms with Crippen molar-refractivity contribution < 1.29 is 15.0 Å². The van der Waals surface area contributed by atoms with Gasteiger partial charge in [-0.2, -0.15) is 0 Å². The van der Waals surface area contributed by atoms with Crippen molar-refractivity contribution in [3.05, 3.63) is 24.3 Å². The molecule has 86 valence electrons. The average molecular weight is 221 g/mol. The first-order chi connectivity index (χ1) is 7.59. The molecule has 4 nitrogen and oxygen atoms in total. The lowest BCUT2D eigenvalue weighted by molar-refractivity contribution is -0.117. The van der Waals surface area contributed by atoms with Crippen molar-refractivity contribution in [2.75, 3.05) is 11.4 Å². The Labute approximate surface area is 94.1 Å². The summed E-state index contributed by atoms with van der Waals surface area (Å²) in [7, 11) is 0. The predicted octanol–water partition coefficient (Wildman–Crippen LogP) is 1.13. The van der Waals surface area contributed by atoms with Crippen LogP contribution in [0.1, 0.15) is 13.3 Å². The molecular formula is C12H15NO3. The Morgan fingerprint density at radius 3 is 2.69 bits per heavy atom. The molecule has 1 aromatic carbocycles. The minimum atomic E-state index is -0.500. The molecule has 1 fully saturated rings. The van der Waals surface area contributed by atoms with E-state index in [-0.39, 0.29) is 17.6 Å². The van der Waals surface area contributed by atoms with Gasteiger partial charge in [0.1, 0.15) is 5.75 Å². The van der Waals surface area contributed by atoms with E-state index in [0.29, 0.717) is 18.7 Å². The SMILES string of the molecule is CC(O)C1CC(=O)N(c2ccccc2O)C1. The Morgan fingerprint density at radius 1 is 1.44 bits per heavy atom. The Morgan fingerprint density at radius 2 is 2.12 bits per heavy atom.